The molecule has 1 heteroatoms. The van der Waals surface area contributed by atoms with Crippen molar-refractivity contribution in [2.45, 2.75) is 39.5 Å². The van der Waals surface area contributed by atoms with E-state index in [1.165, 1.54) is 24.0 Å². The zero-order chi connectivity index (χ0) is 8.97. The molecule has 0 saturated heterocycles. The summed E-state index contributed by atoms with van der Waals surface area (Å²) in [5, 5.41) is 8.74. The van der Waals surface area contributed by atoms with Gasteiger partial charge in [-0.25, -0.2) is 0 Å². The van der Waals surface area contributed by atoms with Gasteiger partial charge in [-0.3, -0.25) is 0 Å². The van der Waals surface area contributed by atoms with E-state index >= 15 is 0 Å². The predicted molar refractivity (Wildman–Crippen MR) is 50.5 cm³/mol. The van der Waals surface area contributed by atoms with Crippen molar-refractivity contribution in [1.82, 2.24) is 0 Å². The third kappa shape index (κ3) is 1.98. The van der Waals surface area contributed by atoms with Crippen LogP contribution in [0.1, 0.15) is 39.5 Å². The molecule has 64 valence electrons. The van der Waals surface area contributed by atoms with Crippen LogP contribution in [0.4, 0.5) is 0 Å². The molecule has 0 heterocycles. The second-order valence-corrected chi connectivity index (χ2v) is 3.33. The number of hydrogen-bond donors (Lipinski definition) is 0. The first-order chi connectivity index (χ1) is 5.77. The van der Waals surface area contributed by atoms with E-state index in [4.69, 9.17) is 5.26 Å². The van der Waals surface area contributed by atoms with E-state index in [1.807, 2.05) is 6.92 Å². The highest BCUT2D eigenvalue weighted by molar-refractivity contribution is 5.39. The molecule has 0 N–H and O–H groups in total. The summed E-state index contributed by atoms with van der Waals surface area (Å²) in [5.41, 5.74) is 3.65. The Labute approximate surface area is 74.4 Å². The summed E-state index contributed by atoms with van der Waals surface area (Å²) in [4.78, 5) is 0. The minimum Gasteiger partial charge on any atom is -0.193 e. The predicted octanol–water partition coefficient (Wildman–Crippen LogP) is 3.35. The Morgan fingerprint density at radius 3 is 2.75 bits per heavy atom. The Balaban J connectivity index is 2.75. The van der Waals surface area contributed by atoms with Gasteiger partial charge in [0.1, 0.15) is 0 Å². The molecule has 1 rings (SSSR count). The van der Waals surface area contributed by atoms with E-state index in [1.54, 1.807) is 0 Å². The molecular formula is C11H15N. The quantitative estimate of drug-likeness (QED) is 0.609. The molecule has 0 unspecified atom stereocenters. The Morgan fingerprint density at radius 2 is 2.25 bits per heavy atom. The highest BCUT2D eigenvalue weighted by Crippen LogP contribution is 2.25. The van der Waals surface area contributed by atoms with Gasteiger partial charge in [0.15, 0.2) is 0 Å². The molecule has 0 spiro atoms. The molecule has 1 aliphatic rings. The third-order valence-electron chi connectivity index (χ3n) is 2.30. The Kier molecular flexibility index (Phi) is 3.10. The summed E-state index contributed by atoms with van der Waals surface area (Å²) < 4.78 is 0. The van der Waals surface area contributed by atoms with Crippen molar-refractivity contribution in [2.75, 3.05) is 0 Å². The number of nitriles is 1. The van der Waals surface area contributed by atoms with Gasteiger partial charge in [0.25, 0.3) is 0 Å². The molecule has 12 heavy (non-hydrogen) atoms. The van der Waals surface area contributed by atoms with Crippen LogP contribution in [0.25, 0.3) is 0 Å². The van der Waals surface area contributed by atoms with Crippen LogP contribution in [-0.2, 0) is 0 Å². The molecule has 0 atom stereocenters. The van der Waals surface area contributed by atoms with Gasteiger partial charge in [-0.05, 0) is 31.8 Å². The maximum Gasteiger partial charge on any atom is 0.0949 e. The summed E-state index contributed by atoms with van der Waals surface area (Å²) in [6, 6.07) is 2.25. The fraction of sp³-hybridized carbons (Fsp3) is 0.545. The average Bonchev–Trinajstić information content (AvgIpc) is 2.05. The summed E-state index contributed by atoms with van der Waals surface area (Å²) in [5.74, 6) is 0. The molecule has 0 radical (unpaired) electrons. The first-order valence-corrected chi connectivity index (χ1v) is 4.57. The summed E-state index contributed by atoms with van der Waals surface area (Å²) >= 11 is 0. The van der Waals surface area contributed by atoms with Crippen molar-refractivity contribution >= 4 is 0 Å². The average molecular weight is 161 g/mol. The zero-order valence-electron chi connectivity index (χ0n) is 7.85. The van der Waals surface area contributed by atoms with Crippen molar-refractivity contribution in [3.8, 4) is 6.07 Å². The van der Waals surface area contributed by atoms with Crippen LogP contribution in [0.5, 0.6) is 0 Å². The number of allylic oxidation sites excluding steroid dienone is 4. The van der Waals surface area contributed by atoms with Gasteiger partial charge >= 0.3 is 0 Å². The molecule has 1 nitrogen and oxygen atoms in total. The van der Waals surface area contributed by atoms with Gasteiger partial charge in [0.2, 0.25) is 0 Å². The van der Waals surface area contributed by atoms with Crippen LogP contribution < -0.4 is 0 Å². The lowest BCUT2D eigenvalue weighted by Gasteiger charge is -2.13. The van der Waals surface area contributed by atoms with Crippen LogP contribution >= 0.6 is 0 Å². The van der Waals surface area contributed by atoms with E-state index < -0.39 is 0 Å². The first kappa shape index (κ1) is 9.06. The molecule has 1 aliphatic carbocycles. The fourth-order valence-electron chi connectivity index (χ4n) is 1.61. The third-order valence-corrected chi connectivity index (χ3v) is 2.30. The molecule has 0 aromatic heterocycles. The fourth-order valence-corrected chi connectivity index (χ4v) is 1.61. The van der Waals surface area contributed by atoms with E-state index in [2.05, 4.69) is 19.1 Å². The van der Waals surface area contributed by atoms with Crippen molar-refractivity contribution in [3.05, 3.63) is 22.8 Å². The van der Waals surface area contributed by atoms with E-state index in [9.17, 15) is 0 Å². The van der Waals surface area contributed by atoms with E-state index in [0.717, 1.165) is 18.4 Å². The number of hydrogen-bond acceptors (Lipinski definition) is 1. The summed E-state index contributed by atoms with van der Waals surface area (Å²) in [7, 11) is 0. The SMILES string of the molecule is CCCC1=CC(C)=C(C#N)CC1. The van der Waals surface area contributed by atoms with Crippen molar-refractivity contribution in [3.63, 3.8) is 0 Å². The Bertz CT molecular complexity index is 263. The molecule has 0 saturated carbocycles. The molecule has 0 aromatic rings. The van der Waals surface area contributed by atoms with Crippen molar-refractivity contribution in [2.24, 2.45) is 0 Å². The Morgan fingerprint density at radius 1 is 1.50 bits per heavy atom. The van der Waals surface area contributed by atoms with Gasteiger partial charge in [-0.1, -0.05) is 25.0 Å². The van der Waals surface area contributed by atoms with Crippen LogP contribution in [0, 0.1) is 11.3 Å². The normalized spacial score (nSPS) is 17.2. The number of nitrogens with zero attached hydrogens (tertiary/aromatic N) is 1. The largest absolute Gasteiger partial charge is 0.193 e. The smallest absolute Gasteiger partial charge is 0.0949 e. The van der Waals surface area contributed by atoms with Crippen LogP contribution in [-0.4, -0.2) is 0 Å². The summed E-state index contributed by atoms with van der Waals surface area (Å²) in [6.07, 6.45) is 6.63. The van der Waals surface area contributed by atoms with E-state index in [0.29, 0.717) is 0 Å². The van der Waals surface area contributed by atoms with Gasteiger partial charge in [0.05, 0.1) is 6.07 Å². The van der Waals surface area contributed by atoms with Crippen LogP contribution in [0.2, 0.25) is 0 Å². The molecule has 0 fully saturated rings. The van der Waals surface area contributed by atoms with Gasteiger partial charge in [-0.2, -0.15) is 5.26 Å². The minimum absolute atomic E-state index is 0.953. The first-order valence-electron chi connectivity index (χ1n) is 4.57. The lowest BCUT2D eigenvalue weighted by atomic mass is 9.92. The van der Waals surface area contributed by atoms with Crippen LogP contribution in [0.3, 0.4) is 0 Å². The maximum absolute atomic E-state index is 8.74. The highest BCUT2D eigenvalue weighted by Gasteiger charge is 2.08. The summed E-state index contributed by atoms with van der Waals surface area (Å²) in [6.45, 7) is 4.23. The monoisotopic (exact) mass is 161 g/mol. The van der Waals surface area contributed by atoms with E-state index in [-0.39, 0.29) is 0 Å². The second-order valence-electron chi connectivity index (χ2n) is 3.33. The maximum atomic E-state index is 8.74. The molecule has 0 amide bonds. The van der Waals surface area contributed by atoms with Crippen LogP contribution in [0.15, 0.2) is 22.8 Å². The minimum atomic E-state index is 0.953. The Hall–Kier alpha value is -1.03. The van der Waals surface area contributed by atoms with Gasteiger partial charge in [0, 0.05) is 5.57 Å². The van der Waals surface area contributed by atoms with Crippen molar-refractivity contribution in [1.29, 1.82) is 5.26 Å². The molecule has 0 aliphatic heterocycles. The molecular weight excluding hydrogens is 146 g/mol. The molecule has 0 bridgehead atoms. The standard InChI is InChI=1S/C11H15N/c1-3-4-10-5-6-11(8-12)9(2)7-10/h7H,3-6H2,1-2H3. The van der Waals surface area contributed by atoms with Gasteiger partial charge < -0.3 is 0 Å². The number of rotatable bonds is 2. The lowest BCUT2D eigenvalue weighted by molar-refractivity contribution is 0.803. The molecule has 0 aromatic carbocycles. The van der Waals surface area contributed by atoms with Gasteiger partial charge in [-0.15, -0.1) is 0 Å². The van der Waals surface area contributed by atoms with Crippen molar-refractivity contribution < 1.29 is 0 Å². The topological polar surface area (TPSA) is 23.8 Å². The second kappa shape index (κ2) is 4.11. The lowest BCUT2D eigenvalue weighted by Crippen LogP contribution is -1.95. The highest BCUT2D eigenvalue weighted by atomic mass is 14.3. The zero-order valence-corrected chi connectivity index (χ0v) is 7.85.